The Bertz CT molecular complexity index is 1480. The molecule has 0 radical (unpaired) electrons. The number of pyridine rings is 1. The first-order valence-corrected chi connectivity index (χ1v) is 15.3. The van der Waals surface area contributed by atoms with Crippen molar-refractivity contribution in [2.75, 3.05) is 35.3 Å². The SMILES string of the molecule is CN1CC(=O)N(C)c2cc(-c3ccccc3-c3csc(N(C(=O)[C@@H](CC(=O)O)CC4CCCC4)C4CC4)n3)cnc21. The van der Waals surface area contributed by atoms with Gasteiger partial charge in [0.1, 0.15) is 0 Å². The first kappa shape index (κ1) is 27.4. The zero-order chi connectivity index (χ0) is 28.7. The van der Waals surface area contributed by atoms with Crippen LogP contribution in [0.4, 0.5) is 16.6 Å². The van der Waals surface area contributed by atoms with Crippen molar-refractivity contribution in [1.82, 2.24) is 9.97 Å². The van der Waals surface area contributed by atoms with Crippen molar-refractivity contribution in [3.8, 4) is 22.4 Å². The molecule has 0 spiro atoms. The van der Waals surface area contributed by atoms with Crippen LogP contribution in [0.3, 0.4) is 0 Å². The molecule has 9 nitrogen and oxygen atoms in total. The topological polar surface area (TPSA) is 107 Å². The number of hydrogen-bond donors (Lipinski definition) is 1. The molecule has 1 N–H and O–H groups in total. The molecule has 3 aliphatic rings. The molecule has 3 aromatic rings. The number of rotatable bonds is 9. The van der Waals surface area contributed by atoms with Gasteiger partial charge in [-0.15, -0.1) is 11.3 Å². The summed E-state index contributed by atoms with van der Waals surface area (Å²) in [5.41, 5.74) is 4.22. The van der Waals surface area contributed by atoms with Gasteiger partial charge >= 0.3 is 5.97 Å². The van der Waals surface area contributed by atoms with Crippen molar-refractivity contribution in [3.05, 3.63) is 41.9 Å². The van der Waals surface area contributed by atoms with Crippen LogP contribution in [0.2, 0.25) is 0 Å². The van der Waals surface area contributed by atoms with E-state index in [4.69, 9.17) is 4.98 Å². The molecule has 2 saturated carbocycles. The summed E-state index contributed by atoms with van der Waals surface area (Å²) >= 11 is 1.43. The summed E-state index contributed by atoms with van der Waals surface area (Å²) in [6.07, 6.45) is 8.58. The number of carbonyl (C=O) groups excluding carboxylic acids is 2. The minimum absolute atomic E-state index is 0.00958. The number of thiazole rings is 1. The minimum atomic E-state index is -0.928. The number of likely N-dealkylation sites (N-methyl/N-ethyl adjacent to an activating group) is 2. The smallest absolute Gasteiger partial charge is 0.304 e. The number of aliphatic carboxylic acids is 1. The summed E-state index contributed by atoms with van der Waals surface area (Å²) in [7, 11) is 3.63. The molecule has 6 rings (SSSR count). The van der Waals surface area contributed by atoms with Crippen molar-refractivity contribution < 1.29 is 19.5 Å². The van der Waals surface area contributed by atoms with Gasteiger partial charge in [0, 0.05) is 48.8 Å². The maximum absolute atomic E-state index is 13.9. The molecule has 2 fully saturated rings. The van der Waals surface area contributed by atoms with Crippen molar-refractivity contribution >= 4 is 45.8 Å². The Hall–Kier alpha value is -3.79. The van der Waals surface area contributed by atoms with Gasteiger partial charge < -0.3 is 14.9 Å². The molecule has 0 unspecified atom stereocenters. The van der Waals surface area contributed by atoms with Crippen molar-refractivity contribution in [1.29, 1.82) is 0 Å². The van der Waals surface area contributed by atoms with E-state index in [-0.39, 0.29) is 30.8 Å². The number of carbonyl (C=O) groups is 3. The molecule has 1 aromatic carbocycles. The lowest BCUT2D eigenvalue weighted by Crippen LogP contribution is -2.42. The van der Waals surface area contributed by atoms with Crippen LogP contribution in [-0.2, 0) is 14.4 Å². The summed E-state index contributed by atoms with van der Waals surface area (Å²) in [5.74, 6) is -0.376. The lowest BCUT2D eigenvalue weighted by molar-refractivity contribution is -0.141. The number of carboxylic acids is 1. The van der Waals surface area contributed by atoms with Gasteiger partial charge in [-0.1, -0.05) is 49.9 Å². The monoisotopic (exact) mass is 573 g/mol. The number of amides is 2. The second-order valence-corrected chi connectivity index (χ2v) is 12.4. The van der Waals surface area contributed by atoms with Crippen molar-refractivity contribution in [2.24, 2.45) is 11.8 Å². The van der Waals surface area contributed by atoms with Crippen LogP contribution in [0, 0.1) is 11.8 Å². The van der Waals surface area contributed by atoms with Crippen molar-refractivity contribution in [2.45, 2.75) is 57.4 Å². The van der Waals surface area contributed by atoms with E-state index in [2.05, 4.69) is 4.98 Å². The minimum Gasteiger partial charge on any atom is -0.481 e. The highest BCUT2D eigenvalue weighted by Gasteiger charge is 2.40. The first-order chi connectivity index (χ1) is 19.8. The van der Waals surface area contributed by atoms with E-state index in [0.717, 1.165) is 72.4 Å². The van der Waals surface area contributed by atoms with Crippen LogP contribution in [0.15, 0.2) is 41.9 Å². The van der Waals surface area contributed by atoms with E-state index >= 15 is 0 Å². The molecule has 41 heavy (non-hydrogen) atoms. The van der Waals surface area contributed by atoms with E-state index in [1.807, 2.05) is 53.9 Å². The van der Waals surface area contributed by atoms with Gasteiger partial charge in [-0.05, 0) is 36.8 Å². The number of hydrogen-bond acceptors (Lipinski definition) is 7. The molecule has 1 atom stereocenters. The van der Waals surface area contributed by atoms with Gasteiger partial charge in [0.2, 0.25) is 11.8 Å². The summed E-state index contributed by atoms with van der Waals surface area (Å²) in [6.45, 7) is 0.290. The quantitative estimate of drug-likeness (QED) is 0.363. The molecule has 214 valence electrons. The normalized spacial score (nSPS) is 18.0. The molecular formula is C31H35N5O4S. The summed E-state index contributed by atoms with van der Waals surface area (Å²) < 4.78 is 0. The summed E-state index contributed by atoms with van der Waals surface area (Å²) in [6, 6.07) is 10.0. The van der Waals surface area contributed by atoms with Crippen molar-refractivity contribution in [3.63, 3.8) is 0 Å². The molecule has 1 aliphatic heterocycles. The van der Waals surface area contributed by atoms with Crippen LogP contribution in [0.1, 0.15) is 51.4 Å². The molecule has 3 heterocycles. The zero-order valence-electron chi connectivity index (χ0n) is 23.5. The maximum atomic E-state index is 13.9. The Morgan fingerprint density at radius 2 is 1.85 bits per heavy atom. The molecule has 2 amide bonds. The summed E-state index contributed by atoms with van der Waals surface area (Å²) in [5, 5.41) is 12.2. The Morgan fingerprint density at radius 1 is 1.12 bits per heavy atom. The molecule has 0 bridgehead atoms. The van der Waals surface area contributed by atoms with E-state index in [9.17, 15) is 19.5 Å². The van der Waals surface area contributed by atoms with Gasteiger partial charge in [0.25, 0.3) is 0 Å². The van der Waals surface area contributed by atoms with Crippen LogP contribution in [-0.4, -0.2) is 59.5 Å². The Labute approximate surface area is 243 Å². The fourth-order valence-corrected chi connectivity index (χ4v) is 7.10. The molecule has 2 aromatic heterocycles. The van der Waals surface area contributed by atoms with Gasteiger partial charge in [-0.25, -0.2) is 9.97 Å². The molecule has 0 saturated heterocycles. The van der Waals surface area contributed by atoms with Crippen LogP contribution in [0.25, 0.3) is 22.4 Å². The lowest BCUT2D eigenvalue weighted by Gasteiger charge is -2.32. The van der Waals surface area contributed by atoms with Crippen LogP contribution in [0.5, 0.6) is 0 Å². The van der Waals surface area contributed by atoms with Gasteiger partial charge in [-0.2, -0.15) is 0 Å². The van der Waals surface area contributed by atoms with E-state index in [1.54, 1.807) is 16.8 Å². The first-order valence-electron chi connectivity index (χ1n) is 14.4. The third-order valence-electron chi connectivity index (χ3n) is 8.54. The summed E-state index contributed by atoms with van der Waals surface area (Å²) in [4.78, 5) is 53.0. The fraction of sp³-hybridized carbons (Fsp3) is 0.452. The number of carboxylic acid groups (broad SMARTS) is 1. The highest BCUT2D eigenvalue weighted by molar-refractivity contribution is 7.14. The van der Waals surface area contributed by atoms with Crippen LogP contribution < -0.4 is 14.7 Å². The number of nitrogens with zero attached hydrogens (tertiary/aromatic N) is 5. The second-order valence-electron chi connectivity index (χ2n) is 11.6. The fourth-order valence-electron chi connectivity index (χ4n) is 6.20. The highest BCUT2D eigenvalue weighted by atomic mass is 32.1. The average Bonchev–Trinajstić information content (AvgIpc) is 3.43. The predicted molar refractivity (Wildman–Crippen MR) is 160 cm³/mol. The second kappa shape index (κ2) is 11.2. The third kappa shape index (κ3) is 5.57. The van der Waals surface area contributed by atoms with E-state index in [0.29, 0.717) is 17.5 Å². The number of benzene rings is 1. The van der Waals surface area contributed by atoms with E-state index < -0.39 is 11.9 Å². The van der Waals surface area contributed by atoms with Gasteiger partial charge in [0.15, 0.2) is 10.9 Å². The maximum Gasteiger partial charge on any atom is 0.304 e. The Morgan fingerprint density at radius 3 is 2.56 bits per heavy atom. The number of aromatic nitrogens is 2. The molecular weight excluding hydrogens is 538 g/mol. The predicted octanol–water partition coefficient (Wildman–Crippen LogP) is 5.45. The van der Waals surface area contributed by atoms with Gasteiger partial charge in [-0.3, -0.25) is 19.3 Å². The standard InChI is InChI=1S/C31H35N5O4S/c1-34-17-27(37)35(2)26-14-21(16-32-29(26)34)23-9-5-6-10-24(23)25-18-41-31(33-25)36(22-11-12-22)30(40)20(15-28(38)39)13-19-7-3-4-8-19/h5-6,9-10,14,16,18-20,22H,3-4,7-8,11-13,15,17H2,1-2H3,(H,38,39)/t20-/m1/s1. The number of anilines is 3. The third-order valence-corrected chi connectivity index (χ3v) is 9.38. The van der Waals surface area contributed by atoms with E-state index in [1.165, 1.54) is 11.3 Å². The molecule has 10 heteroatoms. The van der Waals surface area contributed by atoms with Gasteiger partial charge in [0.05, 0.1) is 24.3 Å². The average molecular weight is 574 g/mol. The Balaban J connectivity index is 1.31. The Kier molecular flexibility index (Phi) is 7.50. The highest BCUT2D eigenvalue weighted by Crippen LogP contribution is 2.42. The van der Waals surface area contributed by atoms with Crippen LogP contribution >= 0.6 is 11.3 Å². The molecule has 2 aliphatic carbocycles. The zero-order valence-corrected chi connectivity index (χ0v) is 24.3. The number of fused-ring (bicyclic) bond motifs is 1. The lowest BCUT2D eigenvalue weighted by atomic mass is 9.90. The largest absolute Gasteiger partial charge is 0.481 e.